The van der Waals surface area contributed by atoms with Crippen LogP contribution in [-0.2, 0) is 21.6 Å². The molecule has 0 bridgehead atoms. The van der Waals surface area contributed by atoms with Gasteiger partial charge < -0.3 is 28.7 Å². The number of imidazole rings is 1. The number of likely N-dealkylation sites (N-methyl/N-ethyl adjacent to an activating group) is 1. The van der Waals surface area contributed by atoms with E-state index < -0.39 is 5.60 Å². The summed E-state index contributed by atoms with van der Waals surface area (Å²) in [6.45, 7) is 12.8. The van der Waals surface area contributed by atoms with Crippen LogP contribution >= 0.6 is 0 Å². The molecule has 3 aliphatic rings. The zero-order valence-electron chi connectivity index (χ0n) is 20.3. The number of fused-ring (bicyclic) bond motifs is 3. The van der Waals surface area contributed by atoms with E-state index in [1.807, 2.05) is 0 Å². The number of hydrogen-bond donors (Lipinski definition) is 0. The van der Waals surface area contributed by atoms with Crippen molar-refractivity contribution in [3.63, 3.8) is 0 Å². The molecule has 34 heavy (non-hydrogen) atoms. The third-order valence-corrected chi connectivity index (χ3v) is 7.18. The number of hydrogen-bond acceptors (Lipinski definition) is 8. The van der Waals surface area contributed by atoms with Crippen molar-refractivity contribution in [1.29, 1.82) is 0 Å². The summed E-state index contributed by atoms with van der Waals surface area (Å²) < 4.78 is 13.9. The minimum Gasteiger partial charge on any atom is -0.378 e. The van der Waals surface area contributed by atoms with Crippen molar-refractivity contribution in [2.24, 2.45) is 0 Å². The monoisotopic (exact) mass is 463 g/mol. The van der Waals surface area contributed by atoms with Gasteiger partial charge in [0.2, 0.25) is 0 Å². The molecule has 5 heterocycles. The molecular formula is C25H33N7O2. The smallest absolute Gasteiger partial charge is 0.166 e. The second-order valence-electron chi connectivity index (χ2n) is 9.93. The Morgan fingerprint density at radius 1 is 0.853 bits per heavy atom. The largest absolute Gasteiger partial charge is 0.378 e. The second kappa shape index (κ2) is 8.48. The van der Waals surface area contributed by atoms with Crippen molar-refractivity contribution in [2.75, 3.05) is 75.9 Å². The second-order valence-corrected chi connectivity index (χ2v) is 9.93. The van der Waals surface area contributed by atoms with E-state index in [1.165, 1.54) is 5.69 Å². The standard InChI is InChI=1S/C25H33N7O2/c1-25(2)24-26-20-22(31-11-14-33-15-12-31)27-21(28-23(20)32(24)13-16-34-25)18-5-4-6-19(17-18)30-9-7-29(3)8-10-30/h4-6,17H,7-16H2,1-3H3. The number of aromatic nitrogens is 4. The van der Waals surface area contributed by atoms with E-state index >= 15 is 0 Å². The Kier molecular flexibility index (Phi) is 5.43. The first-order chi connectivity index (χ1) is 16.5. The molecule has 0 aliphatic carbocycles. The zero-order chi connectivity index (χ0) is 23.3. The average molecular weight is 464 g/mol. The summed E-state index contributed by atoms with van der Waals surface area (Å²) in [4.78, 5) is 22.3. The van der Waals surface area contributed by atoms with Crippen LogP contribution in [0, 0.1) is 0 Å². The highest BCUT2D eigenvalue weighted by molar-refractivity contribution is 5.87. The van der Waals surface area contributed by atoms with Crippen LogP contribution in [0.15, 0.2) is 24.3 Å². The van der Waals surface area contributed by atoms with Gasteiger partial charge in [-0.05, 0) is 33.0 Å². The minimum absolute atomic E-state index is 0.456. The molecule has 2 fully saturated rings. The van der Waals surface area contributed by atoms with E-state index in [1.54, 1.807) is 0 Å². The predicted molar refractivity (Wildman–Crippen MR) is 132 cm³/mol. The molecule has 0 spiro atoms. The number of ether oxygens (including phenoxy) is 2. The molecule has 2 aromatic heterocycles. The van der Waals surface area contributed by atoms with Crippen LogP contribution in [-0.4, -0.2) is 90.6 Å². The van der Waals surface area contributed by atoms with Crippen LogP contribution in [0.2, 0.25) is 0 Å². The summed E-state index contributed by atoms with van der Waals surface area (Å²) in [5, 5.41) is 0. The lowest BCUT2D eigenvalue weighted by Gasteiger charge is -2.34. The van der Waals surface area contributed by atoms with Crippen molar-refractivity contribution in [2.45, 2.75) is 26.0 Å². The first kappa shape index (κ1) is 21.8. The number of benzene rings is 1. The van der Waals surface area contributed by atoms with Crippen molar-refractivity contribution >= 4 is 22.7 Å². The predicted octanol–water partition coefficient (Wildman–Crippen LogP) is 2.35. The summed E-state index contributed by atoms with van der Waals surface area (Å²) in [5.41, 5.74) is 3.56. The maximum absolute atomic E-state index is 6.04. The van der Waals surface area contributed by atoms with E-state index in [0.717, 1.165) is 80.0 Å². The third-order valence-electron chi connectivity index (χ3n) is 7.18. The molecule has 9 heteroatoms. The number of rotatable bonds is 3. The van der Waals surface area contributed by atoms with Gasteiger partial charge in [-0.15, -0.1) is 0 Å². The van der Waals surface area contributed by atoms with Gasteiger partial charge >= 0.3 is 0 Å². The molecule has 0 amide bonds. The molecule has 0 unspecified atom stereocenters. The lowest BCUT2D eigenvalue weighted by atomic mass is 10.1. The number of anilines is 2. The minimum atomic E-state index is -0.456. The van der Waals surface area contributed by atoms with Crippen LogP contribution in [0.25, 0.3) is 22.6 Å². The van der Waals surface area contributed by atoms with Crippen molar-refractivity contribution < 1.29 is 9.47 Å². The topological polar surface area (TPSA) is 71.8 Å². The highest BCUT2D eigenvalue weighted by Gasteiger charge is 2.34. The van der Waals surface area contributed by atoms with Crippen LogP contribution < -0.4 is 9.80 Å². The molecule has 9 nitrogen and oxygen atoms in total. The molecule has 0 radical (unpaired) electrons. The summed E-state index contributed by atoms with van der Waals surface area (Å²) in [6, 6.07) is 8.66. The van der Waals surface area contributed by atoms with E-state index in [2.05, 4.69) is 64.4 Å². The number of piperazine rings is 1. The van der Waals surface area contributed by atoms with E-state index in [-0.39, 0.29) is 0 Å². The van der Waals surface area contributed by atoms with Gasteiger partial charge in [0.25, 0.3) is 0 Å². The fourth-order valence-electron chi connectivity index (χ4n) is 5.15. The Morgan fingerprint density at radius 2 is 1.65 bits per heavy atom. The van der Waals surface area contributed by atoms with Gasteiger partial charge in [0.1, 0.15) is 11.4 Å². The van der Waals surface area contributed by atoms with Crippen LogP contribution in [0.1, 0.15) is 19.7 Å². The molecule has 180 valence electrons. The Labute approximate surface area is 200 Å². The SMILES string of the molecule is CN1CCN(c2cccc(-c3nc(N4CCOCC4)c4nc5n(c4n3)CCOC5(C)C)c2)CC1. The van der Waals surface area contributed by atoms with Gasteiger partial charge in [-0.1, -0.05) is 12.1 Å². The lowest BCUT2D eigenvalue weighted by Crippen LogP contribution is -2.44. The fraction of sp³-hybridized carbons (Fsp3) is 0.560. The summed E-state index contributed by atoms with van der Waals surface area (Å²) in [5.74, 6) is 2.56. The van der Waals surface area contributed by atoms with Crippen molar-refractivity contribution in [1.82, 2.24) is 24.4 Å². The van der Waals surface area contributed by atoms with E-state index in [4.69, 9.17) is 24.4 Å². The fourth-order valence-corrected chi connectivity index (χ4v) is 5.15. The van der Waals surface area contributed by atoms with Gasteiger partial charge in [-0.2, -0.15) is 0 Å². The number of morpholine rings is 1. The van der Waals surface area contributed by atoms with Gasteiger partial charge in [0.15, 0.2) is 22.8 Å². The first-order valence-electron chi connectivity index (χ1n) is 12.3. The Bertz CT molecular complexity index is 1190. The summed E-state index contributed by atoms with van der Waals surface area (Å²) in [7, 11) is 2.18. The van der Waals surface area contributed by atoms with Gasteiger partial charge in [-0.25, -0.2) is 15.0 Å². The quantitative estimate of drug-likeness (QED) is 0.586. The van der Waals surface area contributed by atoms with Gasteiger partial charge in [-0.3, -0.25) is 0 Å². The molecule has 0 saturated carbocycles. The third kappa shape index (κ3) is 3.81. The molecule has 3 aliphatic heterocycles. The molecule has 0 N–H and O–H groups in total. The van der Waals surface area contributed by atoms with Gasteiger partial charge in [0.05, 0.1) is 19.8 Å². The highest BCUT2D eigenvalue weighted by Crippen LogP contribution is 2.35. The summed E-state index contributed by atoms with van der Waals surface area (Å²) in [6.07, 6.45) is 0. The molecule has 6 rings (SSSR count). The Morgan fingerprint density at radius 3 is 2.44 bits per heavy atom. The molecule has 0 atom stereocenters. The maximum atomic E-state index is 6.04. The van der Waals surface area contributed by atoms with E-state index in [0.29, 0.717) is 19.8 Å². The summed E-state index contributed by atoms with van der Waals surface area (Å²) >= 11 is 0. The van der Waals surface area contributed by atoms with Crippen LogP contribution in [0.5, 0.6) is 0 Å². The normalized spacial score (nSPS) is 21.1. The molecule has 1 aromatic carbocycles. The molecular weight excluding hydrogens is 430 g/mol. The first-order valence-corrected chi connectivity index (χ1v) is 12.3. The van der Waals surface area contributed by atoms with Crippen LogP contribution in [0.4, 0.5) is 11.5 Å². The molecule has 3 aromatic rings. The van der Waals surface area contributed by atoms with E-state index in [9.17, 15) is 0 Å². The number of nitrogens with zero attached hydrogens (tertiary/aromatic N) is 7. The maximum Gasteiger partial charge on any atom is 0.166 e. The van der Waals surface area contributed by atoms with Crippen molar-refractivity contribution in [3.05, 3.63) is 30.1 Å². The Hall–Kier alpha value is -2.75. The van der Waals surface area contributed by atoms with Crippen LogP contribution in [0.3, 0.4) is 0 Å². The average Bonchev–Trinajstić information content (AvgIpc) is 3.25. The lowest BCUT2D eigenvalue weighted by molar-refractivity contribution is -0.0530. The molecule has 2 saturated heterocycles. The van der Waals surface area contributed by atoms with Crippen molar-refractivity contribution in [3.8, 4) is 11.4 Å². The highest BCUT2D eigenvalue weighted by atomic mass is 16.5. The van der Waals surface area contributed by atoms with Gasteiger partial charge in [0, 0.05) is 57.1 Å². The Balaban J connectivity index is 1.47. The zero-order valence-corrected chi connectivity index (χ0v) is 20.3.